The second-order valence-corrected chi connectivity index (χ2v) is 10.2. The van der Waals surface area contributed by atoms with Crippen LogP contribution < -0.4 is 10.1 Å². The molecule has 0 radical (unpaired) electrons. The Kier molecular flexibility index (Phi) is 7.33. The highest BCUT2D eigenvalue weighted by Crippen LogP contribution is 2.34. The third kappa shape index (κ3) is 5.07. The van der Waals surface area contributed by atoms with Crippen LogP contribution >= 0.6 is 0 Å². The van der Waals surface area contributed by atoms with Gasteiger partial charge in [-0.25, -0.2) is 12.8 Å². The molecule has 1 fully saturated rings. The second-order valence-electron chi connectivity index (χ2n) is 7.82. The van der Waals surface area contributed by atoms with Gasteiger partial charge in [-0.1, -0.05) is 31.2 Å². The second kappa shape index (κ2) is 9.78. The molecule has 2 atom stereocenters. The van der Waals surface area contributed by atoms with Gasteiger partial charge in [-0.15, -0.1) is 0 Å². The summed E-state index contributed by atoms with van der Waals surface area (Å²) in [5.74, 6) is -0.589. The number of hydrogen-bond donors (Lipinski definition) is 1. The Labute approximate surface area is 183 Å². The number of ether oxygens (including phenoxy) is 1. The van der Waals surface area contributed by atoms with Crippen LogP contribution in [0.2, 0.25) is 0 Å². The van der Waals surface area contributed by atoms with E-state index in [4.69, 9.17) is 4.74 Å². The van der Waals surface area contributed by atoms with Gasteiger partial charge in [0.15, 0.2) is 0 Å². The molecule has 3 rings (SSSR count). The lowest BCUT2D eigenvalue weighted by atomic mass is 9.91. The summed E-state index contributed by atoms with van der Waals surface area (Å²) in [5.41, 5.74) is 2.18. The summed E-state index contributed by atoms with van der Waals surface area (Å²) in [6, 6.07) is 11.7. The summed E-state index contributed by atoms with van der Waals surface area (Å²) in [6.07, 6.45) is 0.835. The monoisotopic (exact) mass is 448 g/mol. The normalized spacial score (nSPS) is 18.8. The minimum absolute atomic E-state index is 0.118. The molecule has 6 nitrogen and oxygen atoms in total. The molecule has 1 saturated heterocycles. The highest BCUT2D eigenvalue weighted by molar-refractivity contribution is 7.89. The van der Waals surface area contributed by atoms with Crippen LogP contribution in [0.5, 0.6) is 5.75 Å². The molecule has 0 spiro atoms. The number of halogens is 1. The summed E-state index contributed by atoms with van der Waals surface area (Å²) >= 11 is 0. The predicted octanol–water partition coefficient (Wildman–Crippen LogP) is 3.22. The average molecular weight is 449 g/mol. The summed E-state index contributed by atoms with van der Waals surface area (Å²) in [5, 5.41) is 2.33. The molecule has 0 aliphatic carbocycles. The maximum absolute atomic E-state index is 14.0. The number of nitrogens with one attached hydrogen (secondary N) is 1. The first-order valence-electron chi connectivity index (χ1n) is 10.5. The number of carbonyl (C=O) groups is 1. The van der Waals surface area contributed by atoms with Crippen molar-refractivity contribution in [2.75, 3.05) is 26.7 Å². The van der Waals surface area contributed by atoms with Crippen molar-refractivity contribution < 1.29 is 22.3 Å². The van der Waals surface area contributed by atoms with Gasteiger partial charge in [0, 0.05) is 25.2 Å². The Hall–Kier alpha value is -2.45. The van der Waals surface area contributed by atoms with E-state index < -0.39 is 21.2 Å². The smallest absolute Gasteiger partial charge is 0.224 e. The Bertz CT molecular complexity index is 1040. The van der Waals surface area contributed by atoms with Crippen molar-refractivity contribution in [1.29, 1.82) is 0 Å². The van der Waals surface area contributed by atoms with Crippen molar-refractivity contribution in [3.05, 3.63) is 53.8 Å². The largest absolute Gasteiger partial charge is 0.496 e. The van der Waals surface area contributed by atoms with E-state index in [0.717, 1.165) is 11.1 Å². The van der Waals surface area contributed by atoms with E-state index in [1.165, 1.54) is 23.5 Å². The summed E-state index contributed by atoms with van der Waals surface area (Å²) in [4.78, 5) is 12.7. The zero-order valence-electron chi connectivity index (χ0n) is 18.1. The van der Waals surface area contributed by atoms with Crippen LogP contribution in [0.25, 0.3) is 11.1 Å². The van der Waals surface area contributed by atoms with Crippen molar-refractivity contribution in [3.63, 3.8) is 0 Å². The lowest BCUT2D eigenvalue weighted by Crippen LogP contribution is -2.41. The molecule has 1 amide bonds. The van der Waals surface area contributed by atoms with Crippen LogP contribution in [0.4, 0.5) is 4.39 Å². The van der Waals surface area contributed by atoms with Crippen molar-refractivity contribution in [2.45, 2.75) is 31.9 Å². The van der Waals surface area contributed by atoms with Crippen LogP contribution in [0.15, 0.2) is 42.5 Å². The minimum atomic E-state index is -3.49. The molecule has 0 unspecified atom stereocenters. The van der Waals surface area contributed by atoms with E-state index in [0.29, 0.717) is 24.2 Å². The molecule has 0 bridgehead atoms. The minimum Gasteiger partial charge on any atom is -0.496 e. The summed E-state index contributed by atoms with van der Waals surface area (Å²) < 4.78 is 46.6. The molecular formula is C23H29FN2O4S. The van der Waals surface area contributed by atoms with Crippen molar-refractivity contribution in [3.8, 4) is 16.9 Å². The molecule has 168 valence electrons. The fourth-order valence-corrected chi connectivity index (χ4v) is 5.50. The number of hydrogen-bond acceptors (Lipinski definition) is 4. The van der Waals surface area contributed by atoms with Gasteiger partial charge in [0.1, 0.15) is 11.6 Å². The van der Waals surface area contributed by atoms with Gasteiger partial charge in [-0.05, 0) is 49.1 Å². The maximum atomic E-state index is 14.0. The van der Waals surface area contributed by atoms with Crippen molar-refractivity contribution in [1.82, 2.24) is 9.62 Å². The molecule has 31 heavy (non-hydrogen) atoms. The molecule has 0 aromatic heterocycles. The first-order valence-corrected chi connectivity index (χ1v) is 12.0. The Morgan fingerprint density at radius 3 is 2.68 bits per heavy atom. The van der Waals surface area contributed by atoms with Crippen LogP contribution in [0.1, 0.15) is 25.8 Å². The van der Waals surface area contributed by atoms with Crippen LogP contribution in [-0.4, -0.2) is 50.6 Å². The van der Waals surface area contributed by atoms with E-state index in [2.05, 4.69) is 5.32 Å². The molecule has 0 saturated carbocycles. The van der Waals surface area contributed by atoms with Gasteiger partial charge in [0.25, 0.3) is 0 Å². The molecule has 1 heterocycles. The average Bonchev–Trinajstić information content (AvgIpc) is 2.95. The molecular weight excluding hydrogens is 419 g/mol. The molecule has 1 aliphatic heterocycles. The van der Waals surface area contributed by atoms with Crippen LogP contribution in [0.3, 0.4) is 0 Å². The first-order chi connectivity index (χ1) is 14.8. The Balaban J connectivity index is 1.95. The van der Waals surface area contributed by atoms with Gasteiger partial charge >= 0.3 is 0 Å². The molecule has 1 N–H and O–H groups in total. The first kappa shape index (κ1) is 23.2. The zero-order valence-corrected chi connectivity index (χ0v) is 18.9. The lowest BCUT2D eigenvalue weighted by molar-refractivity contribution is -0.124. The molecule has 2 aromatic rings. The highest BCUT2D eigenvalue weighted by atomic mass is 32.2. The fraction of sp³-hybridized carbons (Fsp3) is 0.435. The van der Waals surface area contributed by atoms with Gasteiger partial charge in [-0.3, -0.25) is 4.79 Å². The SMILES string of the molecule is CC[C@H](C)S(=O)(=O)N1CCNC(=O)[C@@H](Cc2ccccc2-c2cc(F)ccc2OC)C1. The number of benzene rings is 2. The van der Waals surface area contributed by atoms with E-state index in [1.54, 1.807) is 13.0 Å². The number of rotatable bonds is 7. The molecule has 1 aliphatic rings. The Morgan fingerprint density at radius 2 is 1.97 bits per heavy atom. The highest BCUT2D eigenvalue weighted by Gasteiger charge is 2.34. The van der Waals surface area contributed by atoms with Gasteiger partial charge in [-0.2, -0.15) is 4.31 Å². The quantitative estimate of drug-likeness (QED) is 0.706. The number of methoxy groups -OCH3 is 1. The third-order valence-electron chi connectivity index (χ3n) is 5.83. The third-order valence-corrected chi connectivity index (χ3v) is 8.24. The Morgan fingerprint density at radius 1 is 1.23 bits per heavy atom. The fourth-order valence-electron chi connectivity index (χ4n) is 3.84. The number of sulfonamides is 1. The number of carbonyl (C=O) groups excluding carboxylic acids is 1. The van der Waals surface area contributed by atoms with Crippen molar-refractivity contribution >= 4 is 15.9 Å². The van der Waals surface area contributed by atoms with Gasteiger partial charge in [0.05, 0.1) is 18.3 Å². The van der Waals surface area contributed by atoms with E-state index in [1.807, 2.05) is 31.2 Å². The topological polar surface area (TPSA) is 75.7 Å². The zero-order chi connectivity index (χ0) is 22.6. The van der Waals surface area contributed by atoms with Gasteiger partial charge < -0.3 is 10.1 Å². The van der Waals surface area contributed by atoms with Crippen LogP contribution in [0, 0.1) is 11.7 Å². The van der Waals surface area contributed by atoms with E-state index in [9.17, 15) is 17.6 Å². The number of nitrogens with zero attached hydrogens (tertiary/aromatic N) is 1. The number of amides is 1. The van der Waals surface area contributed by atoms with Gasteiger partial charge in [0.2, 0.25) is 15.9 Å². The van der Waals surface area contributed by atoms with Crippen molar-refractivity contribution in [2.24, 2.45) is 5.92 Å². The summed E-state index contributed by atoms with van der Waals surface area (Å²) in [7, 11) is -1.97. The van der Waals surface area contributed by atoms with E-state index in [-0.39, 0.29) is 31.4 Å². The van der Waals surface area contributed by atoms with Crippen LogP contribution in [-0.2, 0) is 21.2 Å². The lowest BCUT2D eigenvalue weighted by Gasteiger charge is -2.26. The maximum Gasteiger partial charge on any atom is 0.224 e. The molecule has 8 heteroatoms. The van der Waals surface area contributed by atoms with E-state index >= 15 is 0 Å². The summed E-state index contributed by atoms with van der Waals surface area (Å²) in [6.45, 7) is 4.19. The predicted molar refractivity (Wildman–Crippen MR) is 119 cm³/mol. The molecule has 2 aromatic carbocycles. The standard InChI is InChI=1S/C23H29FN2O4S/c1-4-16(2)31(28,29)26-12-11-25-23(27)18(15-26)13-17-7-5-6-8-20(17)21-14-19(24)9-10-22(21)30-3/h5-10,14,16,18H,4,11-13,15H2,1-3H3,(H,25,27)/t16-,18-/m0/s1.